The molecule has 0 amide bonds. The lowest BCUT2D eigenvalue weighted by Crippen LogP contribution is -2.25. The summed E-state index contributed by atoms with van der Waals surface area (Å²) in [5, 5.41) is 6.26. The third-order valence-electron chi connectivity index (χ3n) is 3.03. The van der Waals surface area contributed by atoms with Gasteiger partial charge in [0.25, 0.3) is 0 Å². The molecule has 0 radical (unpaired) electrons. The average molecular weight is 223 g/mol. The van der Waals surface area contributed by atoms with E-state index in [-0.39, 0.29) is 11.8 Å². The van der Waals surface area contributed by atoms with Crippen molar-refractivity contribution in [3.05, 3.63) is 11.9 Å². The van der Waals surface area contributed by atoms with Gasteiger partial charge in [0.05, 0.1) is 11.9 Å². The maximum Gasteiger partial charge on any atom is 0.358 e. The van der Waals surface area contributed by atoms with Crippen LogP contribution in [-0.2, 0) is 4.74 Å². The Labute approximate surface area is 94.4 Å². The molecule has 1 aromatic rings. The normalized spacial score (nSPS) is 25.3. The zero-order valence-electron chi connectivity index (χ0n) is 9.40. The van der Waals surface area contributed by atoms with Crippen molar-refractivity contribution in [3.63, 3.8) is 0 Å². The molecule has 1 saturated carbocycles. The molecular formula is C11H17N3O2. The number of nitrogens with two attached hydrogens (primary N) is 1. The summed E-state index contributed by atoms with van der Waals surface area (Å²) in [5.74, 6) is 0.236. The van der Waals surface area contributed by atoms with Crippen LogP contribution < -0.4 is 5.73 Å². The summed E-state index contributed by atoms with van der Waals surface area (Å²) >= 11 is 0. The summed E-state index contributed by atoms with van der Waals surface area (Å²) in [5.41, 5.74) is 6.18. The molecule has 1 aliphatic carbocycles. The number of nitrogen functional groups attached to an aromatic ring is 1. The van der Waals surface area contributed by atoms with Gasteiger partial charge < -0.3 is 10.5 Å². The minimum absolute atomic E-state index is 0.0268. The van der Waals surface area contributed by atoms with Crippen LogP contribution >= 0.6 is 0 Å². The topological polar surface area (TPSA) is 81.0 Å². The fraction of sp³-hybridized carbons (Fsp3) is 0.636. The molecule has 0 spiro atoms. The quantitative estimate of drug-likeness (QED) is 0.748. The Balaban J connectivity index is 1.95. The minimum atomic E-state index is -0.394. The number of anilines is 1. The van der Waals surface area contributed by atoms with Crippen LogP contribution in [-0.4, -0.2) is 22.3 Å². The van der Waals surface area contributed by atoms with E-state index in [0.717, 1.165) is 19.3 Å². The second kappa shape index (κ2) is 4.55. The standard InChI is InChI=1S/C11H17N3O2/c1-7-3-2-4-8(5-7)16-11(15)10-9(12)6-13-14-10/h6-8H,2-5,12H2,1H3,(H,13,14). The molecule has 0 aromatic carbocycles. The van der Waals surface area contributed by atoms with Crippen molar-refractivity contribution in [2.24, 2.45) is 5.92 Å². The summed E-state index contributed by atoms with van der Waals surface area (Å²) in [4.78, 5) is 11.7. The van der Waals surface area contributed by atoms with Gasteiger partial charge in [-0.15, -0.1) is 0 Å². The van der Waals surface area contributed by atoms with E-state index in [9.17, 15) is 4.79 Å². The van der Waals surface area contributed by atoms with E-state index >= 15 is 0 Å². The number of H-pyrrole nitrogens is 1. The van der Waals surface area contributed by atoms with Gasteiger partial charge in [-0.2, -0.15) is 5.10 Å². The highest BCUT2D eigenvalue weighted by molar-refractivity contribution is 5.92. The predicted molar refractivity (Wildman–Crippen MR) is 59.8 cm³/mol. The van der Waals surface area contributed by atoms with E-state index in [1.165, 1.54) is 12.6 Å². The fourth-order valence-electron chi connectivity index (χ4n) is 2.15. The molecule has 88 valence electrons. The van der Waals surface area contributed by atoms with Crippen LogP contribution in [0.25, 0.3) is 0 Å². The minimum Gasteiger partial charge on any atom is -0.458 e. The van der Waals surface area contributed by atoms with Crippen molar-refractivity contribution >= 4 is 11.7 Å². The molecule has 1 fully saturated rings. The maximum atomic E-state index is 11.7. The molecule has 16 heavy (non-hydrogen) atoms. The van der Waals surface area contributed by atoms with Gasteiger partial charge in [0.15, 0.2) is 5.69 Å². The SMILES string of the molecule is CC1CCCC(OC(=O)c2[nH]ncc2N)C1. The third-order valence-corrected chi connectivity index (χ3v) is 3.03. The van der Waals surface area contributed by atoms with Gasteiger partial charge in [-0.25, -0.2) is 4.79 Å². The van der Waals surface area contributed by atoms with Crippen LogP contribution in [0.1, 0.15) is 43.1 Å². The summed E-state index contributed by atoms with van der Waals surface area (Å²) in [6.45, 7) is 2.19. The fourth-order valence-corrected chi connectivity index (χ4v) is 2.15. The van der Waals surface area contributed by atoms with Gasteiger partial charge >= 0.3 is 5.97 Å². The van der Waals surface area contributed by atoms with Gasteiger partial charge in [0.2, 0.25) is 0 Å². The van der Waals surface area contributed by atoms with Crippen molar-refractivity contribution in [2.45, 2.75) is 38.7 Å². The van der Waals surface area contributed by atoms with E-state index in [1.54, 1.807) is 0 Å². The lowest BCUT2D eigenvalue weighted by atomic mass is 9.89. The smallest absolute Gasteiger partial charge is 0.358 e. The number of hydrogen-bond donors (Lipinski definition) is 2. The first-order valence-corrected chi connectivity index (χ1v) is 5.66. The molecule has 2 atom stereocenters. The number of hydrogen-bond acceptors (Lipinski definition) is 4. The predicted octanol–water partition coefficient (Wildman–Crippen LogP) is 1.73. The van der Waals surface area contributed by atoms with E-state index in [1.807, 2.05) is 0 Å². The van der Waals surface area contributed by atoms with E-state index in [2.05, 4.69) is 17.1 Å². The Morgan fingerprint density at radius 1 is 1.62 bits per heavy atom. The number of aromatic nitrogens is 2. The molecular weight excluding hydrogens is 206 g/mol. The lowest BCUT2D eigenvalue weighted by Gasteiger charge is -2.26. The van der Waals surface area contributed by atoms with Crippen molar-refractivity contribution < 1.29 is 9.53 Å². The van der Waals surface area contributed by atoms with Gasteiger partial charge in [-0.3, -0.25) is 5.10 Å². The highest BCUT2D eigenvalue weighted by Gasteiger charge is 2.24. The summed E-state index contributed by atoms with van der Waals surface area (Å²) in [6, 6.07) is 0. The number of rotatable bonds is 2. The number of nitrogens with one attached hydrogen (secondary N) is 1. The maximum absolute atomic E-state index is 11.7. The summed E-state index contributed by atoms with van der Waals surface area (Å²) in [6.07, 6.45) is 5.68. The molecule has 1 heterocycles. The lowest BCUT2D eigenvalue weighted by molar-refractivity contribution is 0.0150. The molecule has 0 aliphatic heterocycles. The molecule has 5 nitrogen and oxygen atoms in total. The van der Waals surface area contributed by atoms with Crippen LogP contribution in [0.5, 0.6) is 0 Å². The van der Waals surface area contributed by atoms with Crippen LogP contribution in [0.2, 0.25) is 0 Å². The molecule has 1 aliphatic rings. The van der Waals surface area contributed by atoms with E-state index in [0.29, 0.717) is 11.6 Å². The highest BCUT2D eigenvalue weighted by atomic mass is 16.5. The second-order valence-corrected chi connectivity index (χ2v) is 4.50. The Kier molecular flexibility index (Phi) is 3.12. The first kappa shape index (κ1) is 11.0. The number of nitrogens with zero attached hydrogens (tertiary/aromatic N) is 1. The summed E-state index contributed by atoms with van der Waals surface area (Å²) < 4.78 is 5.40. The first-order valence-electron chi connectivity index (χ1n) is 5.66. The monoisotopic (exact) mass is 223 g/mol. The Morgan fingerprint density at radius 2 is 2.44 bits per heavy atom. The van der Waals surface area contributed by atoms with Gasteiger partial charge in [0.1, 0.15) is 6.10 Å². The summed E-state index contributed by atoms with van der Waals surface area (Å²) in [7, 11) is 0. The molecule has 2 rings (SSSR count). The van der Waals surface area contributed by atoms with Crippen LogP contribution in [0.15, 0.2) is 6.20 Å². The number of carbonyl (C=O) groups is 1. The first-order chi connectivity index (χ1) is 7.66. The highest BCUT2D eigenvalue weighted by Crippen LogP contribution is 2.26. The van der Waals surface area contributed by atoms with Gasteiger partial charge in [0, 0.05) is 0 Å². The largest absolute Gasteiger partial charge is 0.458 e. The number of ether oxygens (including phenoxy) is 1. The zero-order chi connectivity index (χ0) is 11.5. The zero-order valence-corrected chi connectivity index (χ0v) is 9.40. The van der Waals surface area contributed by atoms with Crippen molar-refractivity contribution in [1.29, 1.82) is 0 Å². The Bertz CT molecular complexity index is 375. The molecule has 0 bridgehead atoms. The average Bonchev–Trinajstić information content (AvgIpc) is 2.64. The molecule has 5 heteroatoms. The Morgan fingerprint density at radius 3 is 3.06 bits per heavy atom. The van der Waals surface area contributed by atoms with Gasteiger partial charge in [-0.1, -0.05) is 13.3 Å². The third kappa shape index (κ3) is 2.35. The van der Waals surface area contributed by atoms with Gasteiger partial charge in [-0.05, 0) is 25.2 Å². The van der Waals surface area contributed by atoms with E-state index < -0.39 is 5.97 Å². The second-order valence-electron chi connectivity index (χ2n) is 4.50. The number of carbonyl (C=O) groups excluding carboxylic acids is 1. The molecule has 2 unspecified atom stereocenters. The molecule has 1 aromatic heterocycles. The van der Waals surface area contributed by atoms with E-state index in [4.69, 9.17) is 10.5 Å². The number of esters is 1. The molecule has 3 N–H and O–H groups in total. The van der Waals surface area contributed by atoms with Crippen molar-refractivity contribution in [2.75, 3.05) is 5.73 Å². The number of aromatic amines is 1. The van der Waals surface area contributed by atoms with Crippen molar-refractivity contribution in [3.8, 4) is 0 Å². The van der Waals surface area contributed by atoms with Crippen LogP contribution in [0.3, 0.4) is 0 Å². The van der Waals surface area contributed by atoms with Crippen molar-refractivity contribution in [1.82, 2.24) is 10.2 Å². The van der Waals surface area contributed by atoms with Crippen LogP contribution in [0, 0.1) is 5.92 Å². The van der Waals surface area contributed by atoms with Crippen LogP contribution in [0.4, 0.5) is 5.69 Å². The Hall–Kier alpha value is -1.52. The molecule has 0 saturated heterocycles.